The molecule has 0 bridgehead atoms. The molecule has 0 fully saturated rings. The van der Waals surface area contributed by atoms with Gasteiger partial charge in [0.05, 0.1) is 12.7 Å². The summed E-state index contributed by atoms with van der Waals surface area (Å²) in [6, 6.07) is 4.07. The third-order valence-corrected chi connectivity index (χ3v) is 5.95. The number of esters is 1. The Bertz CT molecular complexity index is 878. The second kappa shape index (κ2) is 6.73. The molecule has 24 heavy (non-hydrogen) atoms. The van der Waals surface area contributed by atoms with Crippen LogP contribution in [-0.4, -0.2) is 21.5 Å². The quantitative estimate of drug-likeness (QED) is 0.721. The number of rotatable bonds is 4. The molecule has 1 aromatic heterocycles. The average Bonchev–Trinajstić information content (AvgIpc) is 2.97. The molecule has 0 amide bonds. The Kier molecular flexibility index (Phi) is 5.25. The number of methoxy groups -OCH3 is 1. The van der Waals surface area contributed by atoms with Gasteiger partial charge in [-0.3, -0.25) is 4.72 Å². The van der Waals surface area contributed by atoms with E-state index in [0.29, 0.717) is 6.07 Å². The van der Waals surface area contributed by atoms with Crippen molar-refractivity contribution < 1.29 is 31.1 Å². The van der Waals surface area contributed by atoms with Crippen molar-refractivity contribution in [1.29, 1.82) is 0 Å². The molecule has 0 saturated carbocycles. The molecule has 0 unspecified atom stereocenters. The van der Waals surface area contributed by atoms with E-state index in [9.17, 15) is 26.4 Å². The summed E-state index contributed by atoms with van der Waals surface area (Å²) >= 11 is 3.62. The lowest BCUT2D eigenvalue weighted by atomic mass is 10.2. The van der Waals surface area contributed by atoms with E-state index in [4.69, 9.17) is 0 Å². The van der Waals surface area contributed by atoms with E-state index in [-0.39, 0.29) is 19.9 Å². The van der Waals surface area contributed by atoms with Gasteiger partial charge in [0.2, 0.25) is 0 Å². The molecule has 0 aliphatic carbocycles. The predicted molar refractivity (Wildman–Crippen MR) is 85.6 cm³/mol. The number of alkyl halides is 3. The van der Waals surface area contributed by atoms with Crippen molar-refractivity contribution in [2.24, 2.45) is 0 Å². The largest absolute Gasteiger partial charge is 0.465 e. The molecule has 130 valence electrons. The first-order valence-corrected chi connectivity index (χ1v) is 9.27. The van der Waals surface area contributed by atoms with Crippen LogP contribution in [0, 0.1) is 0 Å². The van der Waals surface area contributed by atoms with Gasteiger partial charge in [-0.2, -0.15) is 13.2 Å². The molecule has 11 heteroatoms. The Labute approximate surface area is 147 Å². The lowest BCUT2D eigenvalue weighted by Gasteiger charge is -2.13. The molecule has 0 atom stereocenters. The van der Waals surface area contributed by atoms with Crippen LogP contribution in [0.3, 0.4) is 0 Å². The fraction of sp³-hybridized carbons (Fsp3) is 0.154. The summed E-state index contributed by atoms with van der Waals surface area (Å²) < 4.78 is 69.6. The summed E-state index contributed by atoms with van der Waals surface area (Å²) in [5.74, 6) is -0.850. The van der Waals surface area contributed by atoms with Gasteiger partial charge in [-0.25, -0.2) is 13.2 Å². The number of hydrogen-bond donors (Lipinski definition) is 1. The third kappa shape index (κ3) is 3.90. The van der Waals surface area contributed by atoms with Gasteiger partial charge in [0, 0.05) is 10.2 Å². The van der Waals surface area contributed by atoms with Crippen LogP contribution >= 0.6 is 27.3 Å². The topological polar surface area (TPSA) is 72.5 Å². The van der Waals surface area contributed by atoms with Gasteiger partial charge in [-0.05, 0) is 29.6 Å². The van der Waals surface area contributed by atoms with Crippen molar-refractivity contribution in [3.8, 4) is 0 Å². The first-order valence-electron chi connectivity index (χ1n) is 6.11. The van der Waals surface area contributed by atoms with E-state index in [0.717, 1.165) is 24.5 Å². The Morgan fingerprint density at radius 3 is 2.54 bits per heavy atom. The second-order valence-electron chi connectivity index (χ2n) is 4.40. The molecule has 1 heterocycles. The first-order chi connectivity index (χ1) is 11.1. The van der Waals surface area contributed by atoms with Gasteiger partial charge in [0.1, 0.15) is 9.77 Å². The highest BCUT2D eigenvalue weighted by Gasteiger charge is 2.33. The van der Waals surface area contributed by atoms with Crippen molar-refractivity contribution in [3.63, 3.8) is 0 Å². The van der Waals surface area contributed by atoms with Crippen LogP contribution in [0.4, 0.5) is 18.9 Å². The number of halogens is 4. The Morgan fingerprint density at radius 2 is 1.96 bits per heavy atom. The van der Waals surface area contributed by atoms with Crippen molar-refractivity contribution in [2.75, 3.05) is 11.8 Å². The highest BCUT2D eigenvalue weighted by Crippen LogP contribution is 2.37. The molecule has 0 aliphatic heterocycles. The van der Waals surface area contributed by atoms with Gasteiger partial charge < -0.3 is 4.74 Å². The summed E-state index contributed by atoms with van der Waals surface area (Å²) in [6.45, 7) is 0. The average molecular weight is 444 g/mol. The number of sulfonamides is 1. The van der Waals surface area contributed by atoms with Gasteiger partial charge in [0.15, 0.2) is 0 Å². The Hall–Kier alpha value is -1.59. The first kappa shape index (κ1) is 18.7. The number of thiophene rings is 1. The fourth-order valence-corrected chi connectivity index (χ4v) is 4.62. The SMILES string of the molecule is COC(=O)c1sccc1S(=O)(=O)Nc1ccc(Br)c(C(F)(F)F)c1. The zero-order chi connectivity index (χ0) is 18.1. The highest BCUT2D eigenvalue weighted by molar-refractivity contribution is 9.10. The number of benzene rings is 1. The Morgan fingerprint density at radius 1 is 1.29 bits per heavy atom. The highest BCUT2D eigenvalue weighted by atomic mass is 79.9. The van der Waals surface area contributed by atoms with Crippen molar-refractivity contribution in [2.45, 2.75) is 11.1 Å². The van der Waals surface area contributed by atoms with E-state index in [1.54, 1.807) is 0 Å². The molecule has 5 nitrogen and oxygen atoms in total. The molecule has 0 radical (unpaired) electrons. The number of ether oxygens (including phenoxy) is 1. The molecule has 2 rings (SSSR count). The maximum absolute atomic E-state index is 12.9. The van der Waals surface area contributed by atoms with Gasteiger partial charge in [0.25, 0.3) is 10.0 Å². The summed E-state index contributed by atoms with van der Waals surface area (Å²) in [5, 5.41) is 1.36. The smallest absolute Gasteiger partial charge is 0.417 e. The molecule has 1 N–H and O–H groups in total. The number of carbonyl (C=O) groups is 1. The molecule has 0 aliphatic rings. The van der Waals surface area contributed by atoms with Crippen LogP contribution in [0.1, 0.15) is 15.2 Å². The van der Waals surface area contributed by atoms with Crippen LogP contribution in [-0.2, 0) is 20.9 Å². The monoisotopic (exact) mass is 443 g/mol. The lowest BCUT2D eigenvalue weighted by Crippen LogP contribution is -2.16. The van der Waals surface area contributed by atoms with E-state index in [1.807, 2.05) is 4.72 Å². The summed E-state index contributed by atoms with van der Waals surface area (Å²) in [5.41, 5.74) is -1.31. The molecular formula is C13H9BrF3NO4S2. The maximum atomic E-state index is 12.9. The van der Waals surface area contributed by atoms with E-state index < -0.39 is 27.7 Å². The van der Waals surface area contributed by atoms with Crippen molar-refractivity contribution in [3.05, 3.63) is 44.6 Å². The van der Waals surface area contributed by atoms with Crippen LogP contribution in [0.2, 0.25) is 0 Å². The van der Waals surface area contributed by atoms with Gasteiger partial charge in [-0.1, -0.05) is 15.9 Å². The van der Waals surface area contributed by atoms with E-state index >= 15 is 0 Å². The molecule has 1 aromatic carbocycles. The van der Waals surface area contributed by atoms with E-state index in [2.05, 4.69) is 20.7 Å². The van der Waals surface area contributed by atoms with Gasteiger partial charge in [-0.15, -0.1) is 11.3 Å². The minimum absolute atomic E-state index is 0.168. The molecule has 0 saturated heterocycles. The predicted octanol–water partition coefficient (Wildman–Crippen LogP) is 4.12. The number of hydrogen-bond acceptors (Lipinski definition) is 5. The number of nitrogens with one attached hydrogen (secondary N) is 1. The van der Waals surface area contributed by atoms with Crippen LogP contribution in [0.25, 0.3) is 0 Å². The maximum Gasteiger partial charge on any atom is 0.417 e. The normalized spacial score (nSPS) is 12.0. The summed E-state index contributed by atoms with van der Waals surface area (Å²) in [7, 11) is -3.16. The minimum atomic E-state index is -4.65. The van der Waals surface area contributed by atoms with Crippen LogP contribution in [0.5, 0.6) is 0 Å². The summed E-state index contributed by atoms with van der Waals surface area (Å²) in [6.07, 6.45) is -4.65. The van der Waals surface area contributed by atoms with Crippen molar-refractivity contribution >= 4 is 48.9 Å². The third-order valence-electron chi connectivity index (χ3n) is 2.81. The molecule has 2 aromatic rings. The Balaban J connectivity index is 2.41. The minimum Gasteiger partial charge on any atom is -0.465 e. The zero-order valence-electron chi connectivity index (χ0n) is 11.8. The van der Waals surface area contributed by atoms with Crippen LogP contribution < -0.4 is 4.72 Å². The number of carbonyl (C=O) groups excluding carboxylic acids is 1. The van der Waals surface area contributed by atoms with Crippen molar-refractivity contribution in [1.82, 2.24) is 0 Å². The number of anilines is 1. The lowest BCUT2D eigenvalue weighted by molar-refractivity contribution is -0.138. The zero-order valence-corrected chi connectivity index (χ0v) is 15.1. The molecule has 0 spiro atoms. The fourth-order valence-electron chi connectivity index (χ4n) is 1.77. The van der Waals surface area contributed by atoms with Crippen LogP contribution in [0.15, 0.2) is 39.0 Å². The second-order valence-corrected chi connectivity index (χ2v) is 7.82. The standard InChI is InChI=1S/C13H9BrF3NO4S2/c1-22-12(19)11-10(4-5-23-11)24(20,21)18-7-2-3-9(14)8(6-7)13(15,16)17/h2-6,18H,1H3. The van der Waals surface area contributed by atoms with Gasteiger partial charge >= 0.3 is 12.1 Å². The molecular weight excluding hydrogens is 435 g/mol. The summed E-state index contributed by atoms with van der Waals surface area (Å²) in [4.78, 5) is 11.0. The van der Waals surface area contributed by atoms with E-state index in [1.165, 1.54) is 17.5 Å².